The zero-order chi connectivity index (χ0) is 14.8. The van der Waals surface area contributed by atoms with Crippen molar-refractivity contribution in [2.24, 2.45) is 0 Å². The Balaban J connectivity index is 1.74. The molecule has 1 aliphatic heterocycles. The second kappa shape index (κ2) is 6.08. The van der Waals surface area contributed by atoms with E-state index in [1.807, 2.05) is 24.3 Å². The second-order valence-corrected chi connectivity index (χ2v) is 6.22. The van der Waals surface area contributed by atoms with E-state index in [0.717, 1.165) is 10.9 Å². The van der Waals surface area contributed by atoms with Gasteiger partial charge in [0, 0.05) is 17.6 Å². The average Bonchev–Trinajstić information content (AvgIpc) is 2.49. The van der Waals surface area contributed by atoms with Gasteiger partial charge in [0.2, 0.25) is 0 Å². The molecule has 1 N–H and O–H groups in total. The standard InChI is InChI=1S/C16H14BrClN2O/c17-13-5-3-4-11-10-20(9-8-12(11)13)16(21)19-15-7-2-1-6-14(15)18/h1-7H,8-10H2,(H,19,21). The fourth-order valence-electron chi connectivity index (χ4n) is 2.49. The molecule has 0 saturated carbocycles. The number of carbonyl (C=O) groups excluding carboxylic acids is 1. The molecule has 0 spiro atoms. The Morgan fingerprint density at radius 2 is 2.00 bits per heavy atom. The van der Waals surface area contributed by atoms with Gasteiger partial charge in [-0.1, -0.05) is 51.8 Å². The Kier molecular flexibility index (Phi) is 4.17. The molecular weight excluding hydrogens is 352 g/mol. The van der Waals surface area contributed by atoms with Crippen LogP contribution in [0, 0.1) is 0 Å². The van der Waals surface area contributed by atoms with Gasteiger partial charge in [0.25, 0.3) is 0 Å². The van der Waals surface area contributed by atoms with Crippen molar-refractivity contribution in [3.8, 4) is 0 Å². The lowest BCUT2D eigenvalue weighted by Gasteiger charge is -2.29. The number of carbonyl (C=O) groups is 1. The van der Waals surface area contributed by atoms with Crippen LogP contribution >= 0.6 is 27.5 Å². The predicted octanol–water partition coefficient (Wildman–Crippen LogP) is 4.69. The zero-order valence-electron chi connectivity index (χ0n) is 11.3. The molecular formula is C16H14BrClN2O. The molecule has 0 radical (unpaired) electrons. The molecule has 2 aromatic rings. The van der Waals surface area contributed by atoms with Crippen molar-refractivity contribution in [1.82, 2.24) is 4.90 Å². The number of para-hydroxylation sites is 1. The highest BCUT2D eigenvalue weighted by Crippen LogP contribution is 2.27. The summed E-state index contributed by atoms with van der Waals surface area (Å²) in [6.07, 6.45) is 0.854. The number of hydrogen-bond acceptors (Lipinski definition) is 1. The summed E-state index contributed by atoms with van der Waals surface area (Å²) in [5.74, 6) is 0. The maximum atomic E-state index is 12.4. The highest BCUT2D eigenvalue weighted by molar-refractivity contribution is 9.10. The van der Waals surface area contributed by atoms with Gasteiger partial charge in [-0.3, -0.25) is 0 Å². The Bertz CT molecular complexity index is 690. The van der Waals surface area contributed by atoms with Crippen molar-refractivity contribution in [1.29, 1.82) is 0 Å². The van der Waals surface area contributed by atoms with Crippen molar-refractivity contribution in [2.45, 2.75) is 13.0 Å². The molecule has 3 rings (SSSR count). The van der Waals surface area contributed by atoms with Crippen LogP contribution in [-0.4, -0.2) is 17.5 Å². The van der Waals surface area contributed by atoms with Gasteiger partial charge in [0.1, 0.15) is 0 Å². The van der Waals surface area contributed by atoms with E-state index in [2.05, 4.69) is 27.3 Å². The number of fused-ring (bicyclic) bond motifs is 1. The normalized spacial score (nSPS) is 13.7. The number of rotatable bonds is 1. The van der Waals surface area contributed by atoms with Crippen molar-refractivity contribution < 1.29 is 4.79 Å². The van der Waals surface area contributed by atoms with Crippen LogP contribution in [0.3, 0.4) is 0 Å². The molecule has 2 aromatic carbocycles. The smallest absolute Gasteiger partial charge is 0.320 e. The third kappa shape index (κ3) is 3.06. The number of benzene rings is 2. The summed E-state index contributed by atoms with van der Waals surface area (Å²) in [7, 11) is 0. The molecule has 108 valence electrons. The van der Waals surface area contributed by atoms with Gasteiger partial charge in [-0.15, -0.1) is 0 Å². The van der Waals surface area contributed by atoms with Crippen LogP contribution in [0.2, 0.25) is 5.02 Å². The van der Waals surface area contributed by atoms with E-state index >= 15 is 0 Å². The van der Waals surface area contributed by atoms with Crippen LogP contribution in [0.5, 0.6) is 0 Å². The molecule has 0 aliphatic carbocycles. The van der Waals surface area contributed by atoms with Crippen LogP contribution in [0.15, 0.2) is 46.9 Å². The first kappa shape index (κ1) is 14.4. The van der Waals surface area contributed by atoms with E-state index in [-0.39, 0.29) is 6.03 Å². The molecule has 3 nitrogen and oxygen atoms in total. The average molecular weight is 366 g/mol. The summed E-state index contributed by atoms with van der Waals surface area (Å²) in [6.45, 7) is 1.32. The van der Waals surface area contributed by atoms with Crippen molar-refractivity contribution in [3.63, 3.8) is 0 Å². The van der Waals surface area contributed by atoms with E-state index in [1.54, 1.807) is 17.0 Å². The molecule has 5 heteroatoms. The van der Waals surface area contributed by atoms with E-state index in [4.69, 9.17) is 11.6 Å². The number of hydrogen-bond donors (Lipinski definition) is 1. The monoisotopic (exact) mass is 364 g/mol. The Hall–Kier alpha value is -1.52. The first-order valence-electron chi connectivity index (χ1n) is 6.72. The van der Waals surface area contributed by atoms with E-state index < -0.39 is 0 Å². The van der Waals surface area contributed by atoms with Gasteiger partial charge in [-0.05, 0) is 35.7 Å². The Morgan fingerprint density at radius 3 is 2.81 bits per heavy atom. The molecule has 0 aromatic heterocycles. The van der Waals surface area contributed by atoms with Crippen molar-refractivity contribution in [2.75, 3.05) is 11.9 Å². The molecule has 2 amide bonds. The Labute approximate surface area is 137 Å². The van der Waals surface area contributed by atoms with Crippen LogP contribution in [0.4, 0.5) is 10.5 Å². The molecule has 0 bridgehead atoms. The van der Waals surface area contributed by atoms with E-state index in [9.17, 15) is 4.79 Å². The number of amides is 2. The van der Waals surface area contributed by atoms with Gasteiger partial charge in [0.15, 0.2) is 0 Å². The second-order valence-electron chi connectivity index (χ2n) is 4.96. The fourth-order valence-corrected chi connectivity index (χ4v) is 3.28. The van der Waals surface area contributed by atoms with Gasteiger partial charge >= 0.3 is 6.03 Å². The fraction of sp³-hybridized carbons (Fsp3) is 0.188. The summed E-state index contributed by atoms with van der Waals surface area (Å²) in [5.41, 5.74) is 3.12. The quantitative estimate of drug-likeness (QED) is 0.781. The van der Waals surface area contributed by atoms with Crippen molar-refractivity contribution >= 4 is 39.2 Å². The van der Waals surface area contributed by atoms with E-state index in [1.165, 1.54) is 11.1 Å². The first-order valence-corrected chi connectivity index (χ1v) is 7.89. The Morgan fingerprint density at radius 1 is 1.19 bits per heavy atom. The lowest BCUT2D eigenvalue weighted by atomic mass is 10.0. The van der Waals surface area contributed by atoms with Crippen LogP contribution < -0.4 is 5.32 Å². The van der Waals surface area contributed by atoms with Gasteiger partial charge < -0.3 is 10.2 Å². The van der Waals surface area contributed by atoms with Gasteiger partial charge in [-0.25, -0.2) is 4.79 Å². The highest BCUT2D eigenvalue weighted by Gasteiger charge is 2.22. The van der Waals surface area contributed by atoms with Crippen LogP contribution in [0.1, 0.15) is 11.1 Å². The summed E-state index contributed by atoms with van der Waals surface area (Å²) < 4.78 is 1.12. The van der Waals surface area contributed by atoms with Crippen molar-refractivity contribution in [3.05, 3.63) is 63.1 Å². The molecule has 0 fully saturated rings. The molecule has 21 heavy (non-hydrogen) atoms. The lowest BCUT2D eigenvalue weighted by molar-refractivity contribution is 0.206. The number of anilines is 1. The predicted molar refractivity (Wildman–Crippen MR) is 88.7 cm³/mol. The minimum atomic E-state index is -0.117. The topological polar surface area (TPSA) is 32.3 Å². The number of halogens is 2. The lowest BCUT2D eigenvalue weighted by Crippen LogP contribution is -2.39. The third-order valence-corrected chi connectivity index (χ3v) is 4.68. The summed E-state index contributed by atoms with van der Waals surface area (Å²) in [5, 5.41) is 3.42. The summed E-state index contributed by atoms with van der Waals surface area (Å²) >= 11 is 9.64. The molecule has 0 unspecified atom stereocenters. The minimum Gasteiger partial charge on any atom is -0.320 e. The molecule has 0 saturated heterocycles. The zero-order valence-corrected chi connectivity index (χ0v) is 13.6. The number of nitrogens with zero attached hydrogens (tertiary/aromatic N) is 1. The number of urea groups is 1. The van der Waals surface area contributed by atoms with E-state index in [0.29, 0.717) is 23.8 Å². The maximum Gasteiger partial charge on any atom is 0.322 e. The van der Waals surface area contributed by atoms with Crippen LogP contribution in [0.25, 0.3) is 0 Å². The summed E-state index contributed by atoms with van der Waals surface area (Å²) in [4.78, 5) is 14.2. The third-order valence-electron chi connectivity index (χ3n) is 3.61. The van der Waals surface area contributed by atoms with Gasteiger partial charge in [0.05, 0.1) is 10.7 Å². The summed E-state index contributed by atoms with van der Waals surface area (Å²) in [6, 6.07) is 13.2. The highest BCUT2D eigenvalue weighted by atomic mass is 79.9. The van der Waals surface area contributed by atoms with Crippen LogP contribution in [-0.2, 0) is 13.0 Å². The molecule has 1 heterocycles. The maximum absolute atomic E-state index is 12.4. The number of nitrogens with one attached hydrogen (secondary N) is 1. The van der Waals surface area contributed by atoms with Gasteiger partial charge in [-0.2, -0.15) is 0 Å². The SMILES string of the molecule is O=C(Nc1ccccc1Cl)N1CCc2c(Br)cccc2C1. The molecule has 1 aliphatic rings. The largest absolute Gasteiger partial charge is 0.322 e. The minimum absolute atomic E-state index is 0.117. The first-order chi connectivity index (χ1) is 10.1. The molecule has 0 atom stereocenters.